The fourth-order valence-electron chi connectivity index (χ4n) is 3.62. The number of hydrogen-bond acceptors (Lipinski definition) is 7. The largest absolute Gasteiger partial charge is 0.492 e. The zero-order chi connectivity index (χ0) is 22.3. The molecule has 8 heteroatoms. The first-order valence-corrected chi connectivity index (χ1v) is 11.8. The number of nitrogens with zero attached hydrogens (tertiary/aromatic N) is 3. The summed E-state index contributed by atoms with van der Waals surface area (Å²) in [5.41, 5.74) is 1.88. The van der Waals surface area contributed by atoms with E-state index in [0.717, 1.165) is 54.4 Å². The molecule has 1 saturated heterocycles. The molecule has 0 radical (unpaired) electrons. The highest BCUT2D eigenvalue weighted by molar-refractivity contribution is 7.22. The summed E-state index contributed by atoms with van der Waals surface area (Å²) < 4.78 is 18.0. The van der Waals surface area contributed by atoms with Crippen LogP contribution in [0.2, 0.25) is 0 Å². The molecule has 4 rings (SSSR count). The van der Waals surface area contributed by atoms with Crippen LogP contribution in [0.25, 0.3) is 10.2 Å². The van der Waals surface area contributed by atoms with Crippen LogP contribution >= 0.6 is 11.3 Å². The van der Waals surface area contributed by atoms with Gasteiger partial charge in [0.25, 0.3) is 5.91 Å². The molecule has 1 aliphatic rings. The second-order valence-electron chi connectivity index (χ2n) is 7.64. The van der Waals surface area contributed by atoms with Gasteiger partial charge in [-0.1, -0.05) is 29.5 Å². The van der Waals surface area contributed by atoms with Gasteiger partial charge in [-0.3, -0.25) is 14.6 Å². The predicted octanol–water partition coefficient (Wildman–Crippen LogP) is 3.75. The number of amides is 1. The molecular formula is C24H29N3O4S. The third-order valence-corrected chi connectivity index (χ3v) is 6.34. The molecule has 1 amide bonds. The van der Waals surface area contributed by atoms with Gasteiger partial charge in [-0.25, -0.2) is 4.98 Å². The van der Waals surface area contributed by atoms with Crippen LogP contribution < -0.4 is 14.4 Å². The molecule has 1 fully saturated rings. The van der Waals surface area contributed by atoms with Crippen molar-refractivity contribution in [1.29, 1.82) is 0 Å². The standard InChI is InChI=1S/C24H29N3O4S/c1-3-30-20-8-5-9-21-23(20)25-24(32-21)27(11-10-26-12-14-29-15-13-26)22(28)17-31-19-7-4-6-18(2)16-19/h4-9,16H,3,10-15,17H2,1-2H3. The van der Waals surface area contributed by atoms with Crippen LogP contribution in [-0.2, 0) is 9.53 Å². The molecule has 0 unspecified atom stereocenters. The Balaban J connectivity index is 1.54. The van der Waals surface area contributed by atoms with Crippen LogP contribution in [0.4, 0.5) is 5.13 Å². The normalized spacial score (nSPS) is 14.4. The zero-order valence-corrected chi connectivity index (χ0v) is 19.4. The molecule has 3 aromatic rings. The number of carbonyl (C=O) groups is 1. The summed E-state index contributed by atoms with van der Waals surface area (Å²) in [4.78, 5) is 22.1. The third-order valence-electron chi connectivity index (χ3n) is 5.30. The first kappa shape index (κ1) is 22.5. The van der Waals surface area contributed by atoms with E-state index >= 15 is 0 Å². The van der Waals surface area contributed by atoms with Gasteiger partial charge < -0.3 is 14.2 Å². The van der Waals surface area contributed by atoms with Crippen LogP contribution in [0.3, 0.4) is 0 Å². The summed E-state index contributed by atoms with van der Waals surface area (Å²) in [5.74, 6) is 1.32. The average molecular weight is 456 g/mol. The third kappa shape index (κ3) is 5.56. The maximum atomic E-state index is 13.3. The van der Waals surface area contributed by atoms with Gasteiger partial charge in [0.05, 0.1) is 24.5 Å². The molecule has 0 spiro atoms. The Morgan fingerprint density at radius 3 is 2.78 bits per heavy atom. The molecular weight excluding hydrogens is 426 g/mol. The lowest BCUT2D eigenvalue weighted by Gasteiger charge is -2.29. The van der Waals surface area contributed by atoms with Crippen molar-refractivity contribution < 1.29 is 19.0 Å². The van der Waals surface area contributed by atoms with E-state index in [0.29, 0.717) is 24.0 Å². The number of thiazole rings is 1. The Hall–Kier alpha value is -2.68. The van der Waals surface area contributed by atoms with Gasteiger partial charge in [0.15, 0.2) is 11.7 Å². The van der Waals surface area contributed by atoms with E-state index in [9.17, 15) is 4.79 Å². The minimum atomic E-state index is -0.114. The summed E-state index contributed by atoms with van der Waals surface area (Å²) in [7, 11) is 0. The second-order valence-corrected chi connectivity index (χ2v) is 8.65. The van der Waals surface area contributed by atoms with Crippen LogP contribution in [0, 0.1) is 6.92 Å². The molecule has 0 bridgehead atoms. The van der Waals surface area contributed by atoms with E-state index in [1.807, 2.05) is 56.3 Å². The van der Waals surface area contributed by atoms with E-state index in [1.165, 1.54) is 11.3 Å². The van der Waals surface area contributed by atoms with Crippen molar-refractivity contribution in [2.24, 2.45) is 0 Å². The van der Waals surface area contributed by atoms with Gasteiger partial charge in [-0.05, 0) is 43.7 Å². The minimum absolute atomic E-state index is 0.0409. The predicted molar refractivity (Wildman–Crippen MR) is 127 cm³/mol. The Morgan fingerprint density at radius 1 is 1.19 bits per heavy atom. The smallest absolute Gasteiger partial charge is 0.266 e. The lowest BCUT2D eigenvalue weighted by Crippen LogP contribution is -2.44. The van der Waals surface area contributed by atoms with Crippen molar-refractivity contribution in [3.63, 3.8) is 0 Å². The zero-order valence-electron chi connectivity index (χ0n) is 18.6. The number of carbonyl (C=O) groups excluding carboxylic acids is 1. The highest BCUT2D eigenvalue weighted by Crippen LogP contribution is 2.34. The maximum absolute atomic E-state index is 13.3. The molecule has 0 atom stereocenters. The molecule has 0 N–H and O–H groups in total. The highest BCUT2D eigenvalue weighted by atomic mass is 32.1. The number of anilines is 1. The van der Waals surface area contributed by atoms with Crippen LogP contribution in [0.15, 0.2) is 42.5 Å². The van der Waals surface area contributed by atoms with E-state index in [-0.39, 0.29) is 12.5 Å². The lowest BCUT2D eigenvalue weighted by atomic mass is 10.2. The molecule has 0 aliphatic carbocycles. The number of fused-ring (bicyclic) bond motifs is 1. The molecule has 2 aromatic carbocycles. The first-order chi connectivity index (χ1) is 15.6. The summed E-state index contributed by atoms with van der Waals surface area (Å²) in [6.45, 7) is 8.97. The fraction of sp³-hybridized carbons (Fsp3) is 0.417. The van der Waals surface area contributed by atoms with Gasteiger partial charge in [0.1, 0.15) is 17.0 Å². The molecule has 7 nitrogen and oxygen atoms in total. The summed E-state index contributed by atoms with van der Waals surface area (Å²) in [6.07, 6.45) is 0. The fourth-order valence-corrected chi connectivity index (χ4v) is 4.65. The minimum Gasteiger partial charge on any atom is -0.492 e. The van der Waals surface area contributed by atoms with E-state index in [1.54, 1.807) is 4.90 Å². The van der Waals surface area contributed by atoms with Crippen molar-refractivity contribution in [2.45, 2.75) is 13.8 Å². The van der Waals surface area contributed by atoms with Crippen molar-refractivity contribution in [1.82, 2.24) is 9.88 Å². The average Bonchev–Trinajstić information content (AvgIpc) is 3.24. The lowest BCUT2D eigenvalue weighted by molar-refractivity contribution is -0.120. The molecule has 170 valence electrons. The van der Waals surface area contributed by atoms with Crippen molar-refractivity contribution in [2.75, 3.05) is 57.5 Å². The molecule has 0 saturated carbocycles. The highest BCUT2D eigenvalue weighted by Gasteiger charge is 2.23. The quantitative estimate of drug-likeness (QED) is 0.490. The van der Waals surface area contributed by atoms with Crippen molar-refractivity contribution in [3.8, 4) is 11.5 Å². The number of para-hydroxylation sites is 1. The summed E-state index contributed by atoms with van der Waals surface area (Å²) >= 11 is 1.50. The maximum Gasteiger partial charge on any atom is 0.266 e. The molecule has 2 heterocycles. The number of morpholine rings is 1. The van der Waals surface area contributed by atoms with Gasteiger partial charge in [0, 0.05) is 26.2 Å². The Kier molecular flexibility index (Phi) is 7.57. The number of hydrogen-bond donors (Lipinski definition) is 0. The molecule has 32 heavy (non-hydrogen) atoms. The first-order valence-electron chi connectivity index (χ1n) is 11.0. The number of benzene rings is 2. The topological polar surface area (TPSA) is 64.1 Å². The van der Waals surface area contributed by atoms with E-state index in [4.69, 9.17) is 19.2 Å². The Bertz CT molecular complexity index is 1050. The SMILES string of the molecule is CCOc1cccc2sc(N(CCN3CCOCC3)C(=O)COc3cccc(C)c3)nc12. The number of rotatable bonds is 9. The Morgan fingerprint density at radius 2 is 2.00 bits per heavy atom. The second kappa shape index (κ2) is 10.8. The molecule has 1 aliphatic heterocycles. The van der Waals surface area contributed by atoms with Crippen LogP contribution in [0.5, 0.6) is 11.5 Å². The van der Waals surface area contributed by atoms with Crippen molar-refractivity contribution >= 4 is 32.6 Å². The van der Waals surface area contributed by atoms with Crippen LogP contribution in [0.1, 0.15) is 12.5 Å². The van der Waals surface area contributed by atoms with Crippen LogP contribution in [-0.4, -0.2) is 68.4 Å². The summed E-state index contributed by atoms with van der Waals surface area (Å²) in [6, 6.07) is 13.6. The van der Waals surface area contributed by atoms with E-state index in [2.05, 4.69) is 4.90 Å². The number of aryl methyl sites for hydroxylation is 1. The molecule has 1 aromatic heterocycles. The number of aromatic nitrogens is 1. The van der Waals surface area contributed by atoms with Gasteiger partial charge >= 0.3 is 0 Å². The van der Waals surface area contributed by atoms with Gasteiger partial charge in [-0.2, -0.15) is 0 Å². The summed E-state index contributed by atoms with van der Waals surface area (Å²) in [5, 5.41) is 0.665. The van der Waals surface area contributed by atoms with Gasteiger partial charge in [0.2, 0.25) is 0 Å². The number of ether oxygens (including phenoxy) is 3. The van der Waals surface area contributed by atoms with Gasteiger partial charge in [-0.15, -0.1) is 0 Å². The monoisotopic (exact) mass is 455 g/mol. The van der Waals surface area contributed by atoms with Crippen molar-refractivity contribution in [3.05, 3.63) is 48.0 Å². The van der Waals surface area contributed by atoms with E-state index < -0.39 is 0 Å². The Labute approximate surface area is 192 Å².